The summed E-state index contributed by atoms with van der Waals surface area (Å²) in [6.45, 7) is 0. The highest BCUT2D eigenvalue weighted by Gasteiger charge is 2.26. The zero-order valence-electron chi connectivity index (χ0n) is 27.4. The van der Waals surface area contributed by atoms with Crippen LogP contribution in [0.5, 0.6) is 0 Å². The lowest BCUT2D eigenvalue weighted by Crippen LogP contribution is -2.39. The molecule has 7 aromatic carbocycles. The van der Waals surface area contributed by atoms with Gasteiger partial charge in [-0.25, -0.2) is 0 Å². The molecule has 0 radical (unpaired) electrons. The molecule has 242 valence electrons. The first-order chi connectivity index (χ1) is 25.2. The Morgan fingerprint density at radius 2 is 1.22 bits per heavy atom. The minimum absolute atomic E-state index is 0.0137. The third-order valence-corrected chi connectivity index (χ3v) is 12.6. The molecule has 0 amide bonds. The molecule has 11 rings (SSSR count). The summed E-state index contributed by atoms with van der Waals surface area (Å²) < 4.78 is 11.7. The second kappa shape index (κ2) is 11.4. The van der Waals surface area contributed by atoms with Crippen molar-refractivity contribution in [3.63, 3.8) is 0 Å². The van der Waals surface area contributed by atoms with Crippen molar-refractivity contribution in [2.45, 2.75) is 12.2 Å². The Kier molecular flexibility index (Phi) is 6.50. The highest BCUT2D eigenvalue weighted by atomic mass is 32.1. The van der Waals surface area contributed by atoms with E-state index in [2.05, 4.69) is 162 Å². The number of thiophene rings is 2. The Morgan fingerprint density at radius 1 is 0.490 bits per heavy atom. The van der Waals surface area contributed by atoms with Gasteiger partial charge in [-0.15, -0.1) is 22.7 Å². The predicted molar refractivity (Wildman–Crippen MR) is 218 cm³/mol. The third kappa shape index (κ3) is 4.66. The van der Waals surface area contributed by atoms with Crippen LogP contribution in [-0.4, -0.2) is 0 Å². The van der Waals surface area contributed by atoms with Gasteiger partial charge in [0.05, 0.1) is 6.04 Å². The van der Waals surface area contributed by atoms with Crippen LogP contribution in [0.25, 0.3) is 79.1 Å². The van der Waals surface area contributed by atoms with E-state index in [4.69, 9.17) is 4.42 Å². The normalized spacial score (nSPS) is 16.4. The van der Waals surface area contributed by atoms with Crippen molar-refractivity contribution in [2.24, 2.45) is 0 Å². The predicted octanol–water partition coefficient (Wildman–Crippen LogP) is 13.0. The summed E-state index contributed by atoms with van der Waals surface area (Å²) in [7, 11) is 0. The first kappa shape index (κ1) is 29.1. The fourth-order valence-electron chi connectivity index (χ4n) is 7.95. The van der Waals surface area contributed by atoms with E-state index in [1.54, 1.807) is 0 Å². The quantitative estimate of drug-likeness (QED) is 0.193. The van der Waals surface area contributed by atoms with Gasteiger partial charge in [0.1, 0.15) is 17.3 Å². The molecule has 10 aromatic rings. The molecule has 4 heterocycles. The standard InChI is InChI=1S/C46H30N2OS2/c1-2-10-27(11-3-1)37-26-38(48-46(47-37)29-21-23-41-36(24-29)31-13-5-7-18-40(31)50-41)28-20-22-35-43(25-28)51-42-19-9-14-32(44(35)42)34-16-8-15-33-30-12-4-6-17-39(30)49-45(33)34/h1-26,38,46-48H. The van der Waals surface area contributed by atoms with Gasteiger partial charge in [-0.2, -0.15) is 0 Å². The molecule has 1 aliphatic rings. The molecule has 0 saturated carbocycles. The van der Waals surface area contributed by atoms with Gasteiger partial charge in [0.15, 0.2) is 0 Å². The van der Waals surface area contributed by atoms with Crippen molar-refractivity contribution < 1.29 is 4.42 Å². The highest BCUT2D eigenvalue weighted by Crippen LogP contribution is 2.44. The summed E-state index contributed by atoms with van der Waals surface area (Å²) >= 11 is 3.72. The van der Waals surface area contributed by atoms with Gasteiger partial charge in [-0.05, 0) is 64.7 Å². The second-order valence-corrected chi connectivity index (χ2v) is 15.5. The topological polar surface area (TPSA) is 37.2 Å². The third-order valence-electron chi connectivity index (χ3n) is 10.4. The van der Waals surface area contributed by atoms with Crippen LogP contribution in [0.2, 0.25) is 0 Å². The molecule has 0 fully saturated rings. The van der Waals surface area contributed by atoms with Crippen LogP contribution >= 0.6 is 22.7 Å². The zero-order chi connectivity index (χ0) is 33.5. The monoisotopic (exact) mass is 690 g/mol. The van der Waals surface area contributed by atoms with E-state index in [0.29, 0.717) is 0 Å². The Labute approximate surface area is 302 Å². The first-order valence-electron chi connectivity index (χ1n) is 17.3. The van der Waals surface area contributed by atoms with E-state index >= 15 is 0 Å². The number of benzene rings is 7. The molecular weight excluding hydrogens is 661 g/mol. The summed E-state index contributed by atoms with van der Waals surface area (Å²) in [5.41, 5.74) is 9.00. The maximum Gasteiger partial charge on any atom is 0.143 e. The van der Waals surface area contributed by atoms with Gasteiger partial charge in [0.25, 0.3) is 0 Å². The lowest BCUT2D eigenvalue weighted by molar-refractivity contribution is 0.443. The molecular formula is C46H30N2OS2. The second-order valence-electron chi connectivity index (χ2n) is 13.3. The van der Waals surface area contributed by atoms with E-state index in [0.717, 1.165) is 33.2 Å². The van der Waals surface area contributed by atoms with Gasteiger partial charge >= 0.3 is 0 Å². The SMILES string of the molecule is C1=C(c2ccccc2)NC(c2ccc3sc4ccccc4c3c2)NC1c1ccc2c(c1)sc1cccc(-c3cccc4c3oc3ccccc34)c12. The number of hydrogen-bond donors (Lipinski definition) is 2. The van der Waals surface area contributed by atoms with Crippen molar-refractivity contribution in [3.8, 4) is 11.1 Å². The fraction of sp³-hybridized carbons (Fsp3) is 0.0435. The summed E-state index contributed by atoms with van der Waals surface area (Å²) in [5.74, 6) is 0. The molecule has 51 heavy (non-hydrogen) atoms. The maximum atomic E-state index is 6.49. The summed E-state index contributed by atoms with van der Waals surface area (Å²) in [5, 5.41) is 15.3. The molecule has 0 aliphatic carbocycles. The molecule has 1 aliphatic heterocycles. The number of rotatable bonds is 4. The van der Waals surface area contributed by atoms with Gasteiger partial charge in [0, 0.05) is 62.4 Å². The average Bonchev–Trinajstić information content (AvgIpc) is 3.88. The van der Waals surface area contributed by atoms with E-state index in [1.807, 2.05) is 28.7 Å². The molecule has 3 aromatic heterocycles. The van der Waals surface area contributed by atoms with Crippen LogP contribution in [0.3, 0.4) is 0 Å². The zero-order valence-corrected chi connectivity index (χ0v) is 29.0. The summed E-state index contributed by atoms with van der Waals surface area (Å²) in [6, 6.07) is 54.8. The van der Waals surface area contributed by atoms with Crippen LogP contribution in [-0.2, 0) is 0 Å². The molecule has 2 N–H and O–H groups in total. The summed E-state index contributed by atoms with van der Waals surface area (Å²) in [6.07, 6.45) is 2.28. The average molecular weight is 691 g/mol. The van der Waals surface area contributed by atoms with Crippen molar-refractivity contribution >= 4 is 90.7 Å². The molecule has 0 spiro atoms. The van der Waals surface area contributed by atoms with Crippen LogP contribution in [0.1, 0.15) is 28.9 Å². The van der Waals surface area contributed by atoms with Crippen molar-refractivity contribution in [2.75, 3.05) is 0 Å². The smallest absolute Gasteiger partial charge is 0.143 e. The highest BCUT2D eigenvalue weighted by molar-refractivity contribution is 7.26. The lowest BCUT2D eigenvalue weighted by Gasteiger charge is -2.33. The van der Waals surface area contributed by atoms with E-state index in [-0.39, 0.29) is 12.2 Å². The first-order valence-corrected chi connectivity index (χ1v) is 19.0. The van der Waals surface area contributed by atoms with Gasteiger partial charge in [-0.3, -0.25) is 5.32 Å². The van der Waals surface area contributed by atoms with Gasteiger partial charge < -0.3 is 9.73 Å². The van der Waals surface area contributed by atoms with E-state index < -0.39 is 0 Å². The van der Waals surface area contributed by atoms with E-state index in [9.17, 15) is 0 Å². The van der Waals surface area contributed by atoms with Gasteiger partial charge in [-0.1, -0.05) is 115 Å². The number of fused-ring (bicyclic) bond motifs is 9. The van der Waals surface area contributed by atoms with Crippen LogP contribution in [0.4, 0.5) is 0 Å². The molecule has 5 heteroatoms. The summed E-state index contributed by atoms with van der Waals surface area (Å²) in [4.78, 5) is 0. The van der Waals surface area contributed by atoms with E-state index in [1.165, 1.54) is 62.6 Å². The number of nitrogens with one attached hydrogen (secondary N) is 2. The molecule has 3 nitrogen and oxygen atoms in total. The van der Waals surface area contributed by atoms with Crippen molar-refractivity contribution in [1.82, 2.24) is 10.6 Å². The number of furan rings is 1. The molecule has 2 unspecified atom stereocenters. The minimum atomic E-state index is -0.0627. The van der Waals surface area contributed by atoms with Crippen molar-refractivity contribution in [1.29, 1.82) is 0 Å². The molecule has 0 saturated heterocycles. The van der Waals surface area contributed by atoms with Crippen LogP contribution < -0.4 is 10.6 Å². The number of hydrogen-bond acceptors (Lipinski definition) is 5. The fourth-order valence-corrected chi connectivity index (χ4v) is 10.2. The van der Waals surface area contributed by atoms with Crippen molar-refractivity contribution in [3.05, 3.63) is 174 Å². The molecule has 0 bridgehead atoms. The Morgan fingerprint density at radius 3 is 2.16 bits per heavy atom. The Hall–Kier alpha value is -5.72. The van der Waals surface area contributed by atoms with Gasteiger partial charge in [0.2, 0.25) is 0 Å². The van der Waals surface area contributed by atoms with Crippen LogP contribution in [0.15, 0.2) is 162 Å². The maximum absolute atomic E-state index is 6.49. The lowest BCUT2D eigenvalue weighted by atomic mass is 9.95. The Bertz CT molecular complexity index is 3000. The van der Waals surface area contributed by atoms with Crippen LogP contribution in [0, 0.1) is 0 Å². The number of para-hydroxylation sites is 2. The largest absolute Gasteiger partial charge is 0.455 e. The molecule has 2 atom stereocenters. The Balaban J connectivity index is 1.03. The minimum Gasteiger partial charge on any atom is -0.455 e.